The van der Waals surface area contributed by atoms with Crippen LogP contribution in [0.4, 0.5) is 0 Å². The van der Waals surface area contributed by atoms with Gasteiger partial charge in [0.1, 0.15) is 11.1 Å². The average molecular weight is 1050 g/mol. The maximum atomic E-state index is 13.9. The molecule has 0 aromatic carbocycles. The fourth-order valence-electron chi connectivity index (χ4n) is 7.05. The summed E-state index contributed by atoms with van der Waals surface area (Å²) in [5, 5.41) is 16.4. The predicted octanol–water partition coefficient (Wildman–Crippen LogP) is 14.7. The quantitative estimate of drug-likeness (QED) is 0.0400. The molecule has 1 aliphatic carbocycles. The van der Waals surface area contributed by atoms with Crippen LogP contribution in [0.1, 0.15) is 133 Å². The molecule has 14 heteroatoms. The minimum Gasteiger partial charge on any atom is -0.464 e. The molecule has 0 spiro atoms. The van der Waals surface area contributed by atoms with Crippen LogP contribution in [0.2, 0.25) is 36.3 Å². The largest absolute Gasteiger partial charge is 0.464 e. The summed E-state index contributed by atoms with van der Waals surface area (Å²) in [5.41, 5.74) is -0.486. The van der Waals surface area contributed by atoms with Crippen LogP contribution < -0.4 is 0 Å². The fourth-order valence-corrected chi connectivity index (χ4v) is 11.3. The molecule has 1 aliphatic rings. The zero-order valence-electron chi connectivity index (χ0n) is 46.3. The van der Waals surface area contributed by atoms with Gasteiger partial charge in [-0.1, -0.05) is 160 Å². The van der Waals surface area contributed by atoms with Gasteiger partial charge in [0.05, 0.1) is 36.5 Å². The first-order chi connectivity index (χ1) is 33.0. The Bertz CT molecular complexity index is 2250. The van der Waals surface area contributed by atoms with Crippen molar-refractivity contribution in [2.45, 2.75) is 176 Å². The highest BCUT2D eigenvalue weighted by molar-refractivity contribution is 7.10. The molecule has 71 heavy (non-hydrogen) atoms. The van der Waals surface area contributed by atoms with E-state index in [-0.39, 0.29) is 34.1 Å². The third-order valence-corrected chi connectivity index (χ3v) is 25.0. The Labute approximate surface area is 438 Å². The van der Waals surface area contributed by atoms with Crippen molar-refractivity contribution >= 4 is 57.3 Å². The Balaban J connectivity index is 1.68. The van der Waals surface area contributed by atoms with Crippen LogP contribution in [-0.4, -0.2) is 88.4 Å². The van der Waals surface area contributed by atoms with Crippen molar-refractivity contribution in [3.05, 3.63) is 123 Å². The van der Waals surface area contributed by atoms with Gasteiger partial charge in [0, 0.05) is 41.5 Å². The first-order valence-electron chi connectivity index (χ1n) is 25.1. The molecule has 0 amide bonds. The van der Waals surface area contributed by atoms with Crippen molar-refractivity contribution < 1.29 is 37.8 Å². The van der Waals surface area contributed by atoms with Gasteiger partial charge >= 0.3 is 11.9 Å². The molecule has 2 heterocycles. The molecule has 7 atom stereocenters. The molecule has 0 radical (unpaired) electrons. The maximum absolute atomic E-state index is 13.9. The number of carbonyl (C=O) groups excluding carboxylic acids is 2. The summed E-state index contributed by atoms with van der Waals surface area (Å²) in [6, 6.07) is 0. The number of hydrogen-bond donors (Lipinski definition) is 1. The zero-order valence-corrected chi connectivity index (χ0v) is 49.9. The van der Waals surface area contributed by atoms with Crippen LogP contribution in [0, 0.1) is 22.7 Å². The predicted molar refractivity (Wildman–Crippen MR) is 302 cm³/mol. The van der Waals surface area contributed by atoms with Gasteiger partial charge in [-0.2, -0.15) is 0 Å². The zero-order chi connectivity index (χ0) is 53.4. The van der Waals surface area contributed by atoms with Gasteiger partial charge in [-0.15, -0.1) is 22.7 Å². The van der Waals surface area contributed by atoms with Gasteiger partial charge in [0.25, 0.3) is 0 Å². The summed E-state index contributed by atoms with van der Waals surface area (Å²) in [5.74, 6) is -0.0345. The number of aliphatic hydroxyl groups is 1. The van der Waals surface area contributed by atoms with Gasteiger partial charge in [0.2, 0.25) is 0 Å². The monoisotopic (exact) mass is 1050 g/mol. The molecule has 0 aliphatic heterocycles. The van der Waals surface area contributed by atoms with Crippen LogP contribution in [0.25, 0.3) is 6.08 Å². The molecule has 0 bridgehead atoms. The van der Waals surface area contributed by atoms with E-state index in [0.717, 1.165) is 16.4 Å². The minimum absolute atomic E-state index is 0.0157. The third kappa shape index (κ3) is 18.7. The van der Waals surface area contributed by atoms with E-state index in [1.54, 1.807) is 17.9 Å². The number of ether oxygens (including phenoxy) is 3. The number of rotatable bonds is 27. The smallest absolute Gasteiger partial charge is 0.358 e. The van der Waals surface area contributed by atoms with Crippen LogP contribution in [-0.2, 0) is 29.5 Å². The van der Waals surface area contributed by atoms with Crippen LogP contribution >= 0.6 is 22.7 Å². The number of methoxy groups -OCH3 is 2. The lowest BCUT2D eigenvalue weighted by Gasteiger charge is -2.45. The first-order valence-corrected chi connectivity index (χ1v) is 32.6. The fraction of sp³-hybridized carbons (Fsp3) is 0.579. The van der Waals surface area contributed by atoms with Gasteiger partial charge in [-0.05, 0) is 80.9 Å². The minimum atomic E-state index is -2.22. The number of hydrogen-bond acceptors (Lipinski definition) is 12. The van der Waals surface area contributed by atoms with Gasteiger partial charge < -0.3 is 28.2 Å². The molecule has 394 valence electrons. The highest BCUT2D eigenvalue weighted by atomic mass is 32.1. The first kappa shape index (κ1) is 61.7. The number of carbonyl (C=O) groups is 2. The average Bonchev–Trinajstić information content (AvgIpc) is 3.59. The van der Waals surface area contributed by atoms with E-state index in [1.165, 1.54) is 29.8 Å². The number of aromatic nitrogens is 2. The summed E-state index contributed by atoms with van der Waals surface area (Å²) < 4.78 is 30.6. The highest BCUT2D eigenvalue weighted by Gasteiger charge is 2.46. The standard InChI is InChI=1S/C57H88N2O8S2Si2/c1-19-29-48(66-70(15,16)54(3,4)5)56(9,10)46(60)34-28-32-42-37-41(42)31-26-27-36-50-58-45(40-68-50)53(62)65-47(57(11,12)49(30-20-2)67-71(17,18)55(6,7)8)35-25-23-21-22-24-33-43(63-13)38-51-59-44(39-69-51)52(61)64-14/h19-33,36,39-43,46-49,60H,34-35,37-38H2,1-18H3/b22-21-,25-23-,29-19+,30-20+,31-26+,32-28-,33-24+,36-27-/t41-,42+,43+,46+,47+,48-,49-/m1/s1. The second-order valence-corrected chi connectivity index (χ2v) is 34.1. The van der Waals surface area contributed by atoms with Crippen molar-refractivity contribution in [2.75, 3.05) is 14.2 Å². The summed E-state index contributed by atoms with van der Waals surface area (Å²) in [7, 11) is -1.28. The van der Waals surface area contributed by atoms with Gasteiger partial charge in [-0.25, -0.2) is 19.6 Å². The van der Waals surface area contributed by atoms with Crippen molar-refractivity contribution in [1.29, 1.82) is 0 Å². The van der Waals surface area contributed by atoms with E-state index in [0.29, 0.717) is 36.8 Å². The van der Waals surface area contributed by atoms with E-state index in [1.807, 2.05) is 74.6 Å². The van der Waals surface area contributed by atoms with E-state index in [2.05, 4.69) is 142 Å². The normalized spacial score (nSPS) is 19.1. The van der Waals surface area contributed by atoms with E-state index < -0.39 is 51.6 Å². The van der Waals surface area contributed by atoms with Crippen molar-refractivity contribution in [1.82, 2.24) is 9.97 Å². The molecule has 1 N–H and O–H groups in total. The number of nitrogens with zero attached hydrogens (tertiary/aromatic N) is 2. The summed E-state index contributed by atoms with van der Waals surface area (Å²) in [6.07, 6.45) is 33.3. The van der Waals surface area contributed by atoms with Crippen LogP contribution in [0.5, 0.6) is 0 Å². The maximum Gasteiger partial charge on any atom is 0.358 e. The molecule has 0 unspecified atom stereocenters. The SMILES string of the molecule is C/C=C/[C@@H](O[Si](C)(C)C(C)(C)C)C(C)(C)[C@H](C\C=C/C=C\C=C\[C@@H](Cc1nc(C(=O)OC)cs1)OC)OC(=O)c1csc(/C=C\C=C\[C@@H]2C[C@@H]2/C=C\C[C@H](O)C(C)(C)[C@@H](/C=C/C)O[Si](C)(C)C(C)(C)C)n1. The Morgan fingerprint density at radius 2 is 1.27 bits per heavy atom. The summed E-state index contributed by atoms with van der Waals surface area (Å²) >= 11 is 2.80. The van der Waals surface area contributed by atoms with E-state index in [4.69, 9.17) is 23.1 Å². The number of esters is 2. The topological polar surface area (TPSA) is 126 Å². The van der Waals surface area contributed by atoms with E-state index in [9.17, 15) is 14.7 Å². The molecular weight excluding hydrogens is 961 g/mol. The van der Waals surface area contributed by atoms with Crippen molar-refractivity contribution in [3.8, 4) is 0 Å². The molecule has 3 rings (SSSR count). The Hall–Kier alpha value is -3.61. The van der Waals surface area contributed by atoms with Gasteiger partial charge in [-0.3, -0.25) is 0 Å². The number of thiazole rings is 2. The lowest BCUT2D eigenvalue weighted by atomic mass is 9.79. The Morgan fingerprint density at radius 1 is 0.704 bits per heavy atom. The Morgan fingerprint density at radius 3 is 1.85 bits per heavy atom. The second kappa shape index (κ2) is 27.1. The molecule has 10 nitrogen and oxygen atoms in total. The molecule has 2 aromatic heterocycles. The molecular formula is C57H88N2O8S2Si2. The highest BCUT2D eigenvalue weighted by Crippen LogP contribution is 2.44. The lowest BCUT2D eigenvalue weighted by Crippen LogP contribution is -2.51. The van der Waals surface area contributed by atoms with Crippen molar-refractivity contribution in [3.63, 3.8) is 0 Å². The van der Waals surface area contributed by atoms with Gasteiger partial charge in [0.15, 0.2) is 28.0 Å². The molecule has 2 aromatic rings. The third-order valence-electron chi connectivity index (χ3n) is 14.4. The van der Waals surface area contributed by atoms with E-state index >= 15 is 0 Å². The van der Waals surface area contributed by atoms with Crippen LogP contribution in [0.3, 0.4) is 0 Å². The summed E-state index contributed by atoms with van der Waals surface area (Å²) in [6.45, 7) is 34.9. The van der Waals surface area contributed by atoms with Crippen LogP contribution in [0.15, 0.2) is 102 Å². The molecule has 1 fully saturated rings. The Kier molecular flexibility index (Phi) is 23.5. The number of allylic oxidation sites excluding steroid dienone is 10. The second-order valence-electron chi connectivity index (χ2n) is 22.8. The molecule has 0 saturated heterocycles. The summed E-state index contributed by atoms with van der Waals surface area (Å²) in [4.78, 5) is 34.7. The van der Waals surface area contributed by atoms with Crippen molar-refractivity contribution in [2.24, 2.45) is 22.7 Å². The molecule has 1 saturated carbocycles. The number of aliphatic hydroxyl groups excluding tert-OH is 1. The lowest BCUT2D eigenvalue weighted by molar-refractivity contribution is -0.0419.